The molecule has 0 atom stereocenters. The van der Waals surface area contributed by atoms with Gasteiger partial charge < -0.3 is 43.2 Å². The van der Waals surface area contributed by atoms with Crippen LogP contribution in [0.15, 0.2) is 0 Å². The maximum Gasteiger partial charge on any atom is 2.00 e. The Morgan fingerprint density at radius 2 is 0.480 bits per heavy atom. The number of ether oxygens (including phenoxy) is 1. The SMILES string of the molecule is CC(C)CCCCCCCCCCCCCCCOCCCCCCCCCCCCCCCC(C)C.O=P([O-])([O-])[O-].O=P([O-])([O-])[O-].[Mg+2].[Mg+2].[Mg+2]. The van der Waals surface area contributed by atoms with Gasteiger partial charge in [-0.1, -0.05) is 195 Å². The summed E-state index contributed by atoms with van der Waals surface area (Å²) in [5, 5.41) is 0. The molecule has 0 saturated heterocycles. The van der Waals surface area contributed by atoms with E-state index in [9.17, 15) is 0 Å². The van der Waals surface area contributed by atoms with Crippen molar-refractivity contribution in [3.63, 3.8) is 0 Å². The molecule has 0 N–H and O–H groups in total. The number of unbranched alkanes of at least 4 members (excludes halogenated alkanes) is 24. The second-order valence-electron chi connectivity index (χ2n) is 14.1. The van der Waals surface area contributed by atoms with Crippen LogP contribution in [0.25, 0.3) is 0 Å². The fourth-order valence-electron chi connectivity index (χ4n) is 5.50. The van der Waals surface area contributed by atoms with E-state index in [-0.39, 0.29) is 69.2 Å². The van der Waals surface area contributed by atoms with Gasteiger partial charge in [-0.25, -0.2) is 0 Å². The van der Waals surface area contributed by atoms with Crippen LogP contribution < -0.4 is 29.4 Å². The summed E-state index contributed by atoms with van der Waals surface area (Å²) in [7, 11) is -10.8. The first-order valence-corrected chi connectivity index (χ1v) is 22.1. The number of rotatable bonds is 32. The quantitative estimate of drug-likeness (QED) is 0.0421. The number of phosphoric acid groups is 2. The van der Waals surface area contributed by atoms with Crippen molar-refractivity contribution < 1.29 is 43.2 Å². The van der Waals surface area contributed by atoms with Gasteiger partial charge in [0.05, 0.1) is 0 Å². The predicted octanol–water partition coefficient (Wildman–Crippen LogP) is 6.45. The fourth-order valence-corrected chi connectivity index (χ4v) is 5.50. The molecule has 0 bridgehead atoms. The summed E-state index contributed by atoms with van der Waals surface area (Å²) >= 11 is 0. The van der Waals surface area contributed by atoms with Crippen LogP contribution in [-0.2, 0) is 13.9 Å². The van der Waals surface area contributed by atoms with Gasteiger partial charge in [-0.2, -0.15) is 15.6 Å². The standard InChI is InChI=1S/C36H74O.3Mg.2H3O4P/c1-35(2)31-27-23-19-15-11-7-5-9-13-17-21-25-29-33-37-34-30-26-22-18-14-10-6-8-12-16-20-24-28-32-36(3)4;;;;2*1-5(2,3)4/h35-36H,5-34H2,1-4H3;;;;2*(H3,1,2,3,4)/q;3*+2;;/p-6. The molecule has 0 spiro atoms. The summed E-state index contributed by atoms with van der Waals surface area (Å²) in [6, 6.07) is 0. The van der Waals surface area contributed by atoms with Crippen LogP contribution in [-0.4, -0.2) is 82.4 Å². The van der Waals surface area contributed by atoms with Crippen LogP contribution in [0.4, 0.5) is 0 Å². The third-order valence-corrected chi connectivity index (χ3v) is 8.14. The first-order chi connectivity index (χ1) is 22.1. The molecule has 0 saturated carbocycles. The third-order valence-electron chi connectivity index (χ3n) is 8.14. The van der Waals surface area contributed by atoms with Gasteiger partial charge in [-0.15, -0.1) is 0 Å². The van der Waals surface area contributed by atoms with Crippen molar-refractivity contribution in [3.05, 3.63) is 0 Å². The van der Waals surface area contributed by atoms with E-state index in [4.69, 9.17) is 43.2 Å². The van der Waals surface area contributed by atoms with Crippen LogP contribution >= 0.6 is 15.6 Å². The molecule has 0 aromatic heterocycles. The van der Waals surface area contributed by atoms with Gasteiger partial charge in [0.15, 0.2) is 0 Å². The van der Waals surface area contributed by atoms with Gasteiger partial charge in [0.2, 0.25) is 0 Å². The molecule has 0 aliphatic rings. The van der Waals surface area contributed by atoms with Gasteiger partial charge in [0.1, 0.15) is 0 Å². The smallest absolute Gasteiger partial charge is 0.822 e. The van der Waals surface area contributed by atoms with Crippen molar-refractivity contribution in [2.45, 2.75) is 207 Å². The molecule has 9 nitrogen and oxygen atoms in total. The summed E-state index contributed by atoms with van der Waals surface area (Å²) in [6.45, 7) is 11.4. The minimum atomic E-state index is -5.39. The Bertz CT molecular complexity index is 625. The van der Waals surface area contributed by atoms with Gasteiger partial charge in [0, 0.05) is 13.2 Å². The Hall–Kier alpha value is 2.48. The molecule has 0 heterocycles. The van der Waals surface area contributed by atoms with E-state index in [1.807, 2.05) is 0 Å². The second kappa shape index (κ2) is 49.5. The molecule has 0 rings (SSSR count). The zero-order chi connectivity index (χ0) is 36.1. The minimum absolute atomic E-state index is 0. The molecule has 0 aliphatic carbocycles. The van der Waals surface area contributed by atoms with Gasteiger partial charge in [-0.3, -0.25) is 0 Å². The summed E-state index contributed by atoms with van der Waals surface area (Å²) in [4.78, 5) is 51.3. The first kappa shape index (κ1) is 64.4. The largest absolute Gasteiger partial charge is 2.00 e. The fraction of sp³-hybridized carbons (Fsp3) is 1.00. The Kier molecular flexibility index (Phi) is 63.7. The summed E-state index contributed by atoms with van der Waals surface area (Å²) < 4.78 is 23.0. The maximum absolute atomic E-state index is 8.55. The minimum Gasteiger partial charge on any atom is -0.822 e. The number of hydrogen-bond acceptors (Lipinski definition) is 9. The van der Waals surface area contributed by atoms with Crippen molar-refractivity contribution in [1.29, 1.82) is 0 Å². The van der Waals surface area contributed by atoms with Crippen molar-refractivity contribution >= 4 is 84.8 Å². The molecule has 0 aromatic carbocycles. The average Bonchev–Trinajstić information content (AvgIpc) is 2.94. The summed E-state index contributed by atoms with van der Waals surface area (Å²) in [6.07, 6.45) is 40.2. The van der Waals surface area contributed by atoms with E-state index >= 15 is 0 Å². The van der Waals surface area contributed by atoms with E-state index in [2.05, 4.69) is 27.7 Å². The van der Waals surface area contributed by atoms with Crippen molar-refractivity contribution in [2.24, 2.45) is 11.8 Å². The Balaban J connectivity index is -0.000000324. The maximum atomic E-state index is 8.55. The summed E-state index contributed by atoms with van der Waals surface area (Å²) in [5.41, 5.74) is 0. The number of hydrogen-bond donors (Lipinski definition) is 0. The van der Waals surface area contributed by atoms with Crippen LogP contribution in [0.5, 0.6) is 0 Å². The topological polar surface area (TPSA) is 182 Å². The molecule has 0 amide bonds. The Morgan fingerprint density at radius 3 is 0.640 bits per heavy atom. The average molecular weight is 786 g/mol. The van der Waals surface area contributed by atoms with Crippen LogP contribution in [0.3, 0.4) is 0 Å². The van der Waals surface area contributed by atoms with Gasteiger partial charge >= 0.3 is 69.2 Å². The van der Waals surface area contributed by atoms with Crippen LogP contribution in [0.2, 0.25) is 0 Å². The van der Waals surface area contributed by atoms with Gasteiger partial charge in [0.25, 0.3) is 0 Å². The van der Waals surface area contributed by atoms with E-state index < -0.39 is 15.6 Å². The van der Waals surface area contributed by atoms with Crippen molar-refractivity contribution in [1.82, 2.24) is 0 Å². The molecular weight excluding hydrogens is 711 g/mol. The molecule has 0 unspecified atom stereocenters. The molecular formula is C36H74Mg3O9P2. The van der Waals surface area contributed by atoms with Gasteiger partial charge in [-0.05, 0) is 24.7 Å². The Morgan fingerprint density at radius 1 is 0.340 bits per heavy atom. The summed E-state index contributed by atoms with van der Waals surface area (Å²) in [5.74, 6) is 1.78. The molecule has 0 aromatic rings. The molecule has 14 heteroatoms. The molecule has 288 valence electrons. The zero-order valence-corrected chi connectivity index (χ0v) is 39.1. The molecule has 0 fully saturated rings. The van der Waals surface area contributed by atoms with E-state index in [1.54, 1.807) is 0 Å². The Labute approximate surface area is 357 Å². The van der Waals surface area contributed by atoms with E-state index in [1.165, 1.54) is 180 Å². The van der Waals surface area contributed by atoms with E-state index in [0.29, 0.717) is 0 Å². The third kappa shape index (κ3) is 92.9. The van der Waals surface area contributed by atoms with Crippen LogP contribution in [0.1, 0.15) is 207 Å². The molecule has 0 radical (unpaired) electrons. The first-order valence-electron chi connectivity index (χ1n) is 19.2. The second-order valence-corrected chi connectivity index (χ2v) is 15.9. The monoisotopic (exact) mass is 784 g/mol. The van der Waals surface area contributed by atoms with Crippen LogP contribution in [0, 0.1) is 11.8 Å². The molecule has 0 aliphatic heterocycles. The predicted molar refractivity (Wildman–Crippen MR) is 202 cm³/mol. The zero-order valence-electron chi connectivity index (χ0n) is 33.1. The normalized spacial score (nSPS) is 11.1. The van der Waals surface area contributed by atoms with Crippen molar-refractivity contribution in [2.75, 3.05) is 13.2 Å². The molecule has 50 heavy (non-hydrogen) atoms. The van der Waals surface area contributed by atoms with Crippen molar-refractivity contribution in [3.8, 4) is 0 Å². The van der Waals surface area contributed by atoms with E-state index in [0.717, 1.165) is 25.0 Å².